The second-order valence-electron chi connectivity index (χ2n) is 4.69. The molecule has 19 heavy (non-hydrogen) atoms. The van der Waals surface area contributed by atoms with Crippen molar-refractivity contribution >= 4 is 17.2 Å². The Hall–Kier alpha value is -1.87. The van der Waals surface area contributed by atoms with Crippen molar-refractivity contribution in [2.24, 2.45) is 5.73 Å². The van der Waals surface area contributed by atoms with Gasteiger partial charge in [-0.2, -0.15) is 0 Å². The molecule has 2 N–H and O–H groups in total. The van der Waals surface area contributed by atoms with E-state index in [1.54, 1.807) is 0 Å². The normalized spacial score (nSPS) is 10.3. The highest BCUT2D eigenvalue weighted by Gasteiger charge is 2.11. The van der Waals surface area contributed by atoms with Gasteiger partial charge in [-0.15, -0.1) is 0 Å². The zero-order valence-electron chi connectivity index (χ0n) is 11.4. The average molecular weight is 271 g/mol. The van der Waals surface area contributed by atoms with Crippen LogP contribution in [0.1, 0.15) is 22.3 Å². The second kappa shape index (κ2) is 5.41. The first-order valence-corrected chi connectivity index (χ1v) is 6.54. The molecule has 0 heterocycles. The molecule has 2 rings (SSSR count). The summed E-state index contributed by atoms with van der Waals surface area (Å²) in [6.45, 7) is 6.08. The van der Waals surface area contributed by atoms with Gasteiger partial charge in [0.05, 0.1) is 5.56 Å². The van der Waals surface area contributed by atoms with Crippen LogP contribution in [0.4, 0.5) is 0 Å². The molecule has 0 fully saturated rings. The summed E-state index contributed by atoms with van der Waals surface area (Å²) in [5.74, 6) is 1.57. The van der Waals surface area contributed by atoms with Crippen molar-refractivity contribution in [3.63, 3.8) is 0 Å². The van der Waals surface area contributed by atoms with Crippen LogP contribution in [0.25, 0.3) is 0 Å². The lowest BCUT2D eigenvalue weighted by atomic mass is 10.1. The highest BCUT2D eigenvalue weighted by atomic mass is 32.1. The van der Waals surface area contributed by atoms with E-state index in [0.29, 0.717) is 4.99 Å². The van der Waals surface area contributed by atoms with Crippen LogP contribution >= 0.6 is 12.2 Å². The summed E-state index contributed by atoms with van der Waals surface area (Å²) in [4.78, 5) is 0.350. The van der Waals surface area contributed by atoms with Crippen molar-refractivity contribution < 1.29 is 4.74 Å². The fourth-order valence-electron chi connectivity index (χ4n) is 2.01. The molecule has 0 aliphatic heterocycles. The van der Waals surface area contributed by atoms with E-state index in [9.17, 15) is 0 Å². The highest BCUT2D eigenvalue weighted by molar-refractivity contribution is 7.80. The number of thiocarbonyl (C=S) groups is 1. The molecule has 0 aliphatic rings. The quantitative estimate of drug-likeness (QED) is 0.856. The number of rotatable bonds is 3. The smallest absolute Gasteiger partial charge is 0.140 e. The van der Waals surface area contributed by atoms with Gasteiger partial charge in [0.15, 0.2) is 0 Å². The monoisotopic (exact) mass is 271 g/mol. The van der Waals surface area contributed by atoms with Gasteiger partial charge in [-0.1, -0.05) is 42.0 Å². The SMILES string of the molecule is Cc1ccc(Oc2c(C)cccc2C(N)=S)c(C)c1. The van der Waals surface area contributed by atoms with Gasteiger partial charge in [0.25, 0.3) is 0 Å². The largest absolute Gasteiger partial charge is 0.456 e. The number of hydrogen-bond acceptors (Lipinski definition) is 2. The van der Waals surface area contributed by atoms with E-state index in [1.807, 2.05) is 44.2 Å². The molecule has 0 saturated carbocycles. The second-order valence-corrected chi connectivity index (χ2v) is 5.13. The average Bonchev–Trinajstić information content (AvgIpc) is 2.34. The maximum atomic E-state index is 6.02. The molecule has 0 aromatic heterocycles. The van der Waals surface area contributed by atoms with Crippen LogP contribution < -0.4 is 10.5 Å². The van der Waals surface area contributed by atoms with Crippen molar-refractivity contribution in [2.75, 3.05) is 0 Å². The zero-order valence-corrected chi connectivity index (χ0v) is 12.2. The topological polar surface area (TPSA) is 35.2 Å². The van der Waals surface area contributed by atoms with E-state index in [-0.39, 0.29) is 0 Å². The standard InChI is InChI=1S/C16H17NOS/c1-10-7-8-14(12(3)9-10)18-15-11(2)5-4-6-13(15)16(17)19/h4-9H,1-3H3,(H2,17,19). The summed E-state index contributed by atoms with van der Waals surface area (Å²) in [7, 11) is 0. The molecule has 0 saturated heterocycles. The molecule has 0 radical (unpaired) electrons. The van der Waals surface area contributed by atoms with E-state index in [1.165, 1.54) is 5.56 Å². The molecular weight excluding hydrogens is 254 g/mol. The Balaban J connectivity index is 2.46. The molecule has 98 valence electrons. The van der Waals surface area contributed by atoms with Crippen molar-refractivity contribution in [1.29, 1.82) is 0 Å². The number of hydrogen-bond donors (Lipinski definition) is 1. The van der Waals surface area contributed by atoms with E-state index >= 15 is 0 Å². The molecule has 0 amide bonds. The minimum Gasteiger partial charge on any atom is -0.456 e. The Kier molecular flexibility index (Phi) is 3.86. The van der Waals surface area contributed by atoms with Gasteiger partial charge in [-0.25, -0.2) is 0 Å². The maximum absolute atomic E-state index is 6.02. The third-order valence-electron chi connectivity index (χ3n) is 3.02. The Labute approximate surface area is 119 Å². The minimum absolute atomic E-state index is 0.350. The van der Waals surface area contributed by atoms with Crippen molar-refractivity contribution in [2.45, 2.75) is 20.8 Å². The van der Waals surface area contributed by atoms with Crippen molar-refractivity contribution in [3.8, 4) is 11.5 Å². The molecule has 2 aromatic rings. The predicted molar refractivity (Wildman–Crippen MR) is 83.1 cm³/mol. The summed E-state index contributed by atoms with van der Waals surface area (Å²) in [5, 5.41) is 0. The zero-order chi connectivity index (χ0) is 14.0. The number of para-hydroxylation sites is 1. The van der Waals surface area contributed by atoms with Gasteiger partial charge in [0.1, 0.15) is 16.5 Å². The summed E-state index contributed by atoms with van der Waals surface area (Å²) < 4.78 is 6.02. The van der Waals surface area contributed by atoms with Crippen LogP contribution in [-0.2, 0) is 0 Å². The molecule has 3 heteroatoms. The number of aryl methyl sites for hydroxylation is 3. The lowest BCUT2D eigenvalue weighted by molar-refractivity contribution is 0.474. The Morgan fingerprint density at radius 1 is 1.05 bits per heavy atom. The third-order valence-corrected chi connectivity index (χ3v) is 3.24. The van der Waals surface area contributed by atoms with Gasteiger partial charge in [0, 0.05) is 0 Å². The Morgan fingerprint density at radius 3 is 2.42 bits per heavy atom. The van der Waals surface area contributed by atoms with E-state index in [2.05, 4.69) is 13.0 Å². The lowest BCUT2D eigenvalue weighted by Crippen LogP contribution is -2.11. The number of ether oxygens (including phenoxy) is 1. The maximum Gasteiger partial charge on any atom is 0.140 e. The molecule has 0 unspecified atom stereocenters. The third kappa shape index (κ3) is 2.93. The Morgan fingerprint density at radius 2 is 1.79 bits per heavy atom. The van der Waals surface area contributed by atoms with Gasteiger partial charge >= 0.3 is 0 Å². The van der Waals surface area contributed by atoms with E-state index in [0.717, 1.165) is 28.2 Å². The van der Waals surface area contributed by atoms with Gasteiger partial charge in [-0.3, -0.25) is 0 Å². The fraction of sp³-hybridized carbons (Fsp3) is 0.188. The van der Waals surface area contributed by atoms with Crippen LogP contribution in [0, 0.1) is 20.8 Å². The van der Waals surface area contributed by atoms with Crippen molar-refractivity contribution in [1.82, 2.24) is 0 Å². The van der Waals surface area contributed by atoms with Crippen LogP contribution in [0.3, 0.4) is 0 Å². The molecule has 0 atom stereocenters. The first-order valence-electron chi connectivity index (χ1n) is 6.13. The summed E-state index contributed by atoms with van der Waals surface area (Å²) in [6.07, 6.45) is 0. The molecule has 2 aromatic carbocycles. The summed E-state index contributed by atoms with van der Waals surface area (Å²) in [5.41, 5.74) is 9.85. The van der Waals surface area contributed by atoms with Crippen LogP contribution in [0.2, 0.25) is 0 Å². The van der Waals surface area contributed by atoms with Gasteiger partial charge in [-0.05, 0) is 44.0 Å². The van der Waals surface area contributed by atoms with Crippen LogP contribution in [-0.4, -0.2) is 4.99 Å². The number of nitrogens with two attached hydrogens (primary N) is 1. The summed E-state index contributed by atoms with van der Waals surface area (Å²) in [6, 6.07) is 11.9. The van der Waals surface area contributed by atoms with E-state index < -0.39 is 0 Å². The number of benzene rings is 2. The highest BCUT2D eigenvalue weighted by Crippen LogP contribution is 2.31. The Bertz CT molecular complexity index is 635. The minimum atomic E-state index is 0.350. The van der Waals surface area contributed by atoms with Gasteiger partial charge < -0.3 is 10.5 Å². The predicted octanol–water partition coefficient (Wildman–Crippen LogP) is 4.04. The van der Waals surface area contributed by atoms with Gasteiger partial charge in [0.2, 0.25) is 0 Å². The molecule has 0 bridgehead atoms. The molecule has 0 spiro atoms. The summed E-state index contributed by atoms with van der Waals surface area (Å²) >= 11 is 5.08. The van der Waals surface area contributed by atoms with E-state index in [4.69, 9.17) is 22.7 Å². The molecule has 0 aliphatic carbocycles. The first kappa shape index (κ1) is 13.6. The molecule has 2 nitrogen and oxygen atoms in total. The van der Waals surface area contributed by atoms with Crippen LogP contribution in [0.5, 0.6) is 11.5 Å². The fourth-order valence-corrected chi connectivity index (χ4v) is 2.17. The molecular formula is C16H17NOS. The lowest BCUT2D eigenvalue weighted by Gasteiger charge is -2.15. The van der Waals surface area contributed by atoms with Crippen molar-refractivity contribution in [3.05, 3.63) is 58.7 Å². The first-order chi connectivity index (χ1) is 8.99. The van der Waals surface area contributed by atoms with Crippen LogP contribution in [0.15, 0.2) is 36.4 Å².